The molecule has 186 valence electrons. The molecule has 0 unspecified atom stereocenters. The number of carbonyl (C=O) groups is 2. The van der Waals surface area contributed by atoms with E-state index in [1.165, 1.54) is 6.26 Å². The minimum Gasteiger partial charge on any atom is -0.364 e. The molecule has 35 heavy (non-hydrogen) atoms. The molecule has 0 aliphatic heterocycles. The third-order valence-electron chi connectivity index (χ3n) is 6.82. The Balaban J connectivity index is 1.55. The molecule has 0 radical (unpaired) electrons. The van der Waals surface area contributed by atoms with Crippen molar-refractivity contribution in [1.29, 1.82) is 0 Å². The van der Waals surface area contributed by atoms with Crippen LogP contribution in [0.3, 0.4) is 0 Å². The fraction of sp³-hybridized carbons (Fsp3) is 0.480. The summed E-state index contributed by atoms with van der Waals surface area (Å²) in [5.74, 6) is -0.934. The molecular formula is C25H31FN6O3. The number of rotatable bonds is 7. The Labute approximate surface area is 203 Å². The highest BCUT2D eigenvalue weighted by Gasteiger charge is 2.34. The fourth-order valence-electron chi connectivity index (χ4n) is 4.78. The average molecular weight is 483 g/mol. The number of hydrogen-bond donors (Lipinski definition) is 3. The lowest BCUT2D eigenvalue weighted by Crippen LogP contribution is -2.49. The number of carbonyl (C=O) groups excluding carboxylic acids is 2. The molecule has 2 amide bonds. The van der Waals surface area contributed by atoms with Gasteiger partial charge < -0.3 is 15.2 Å². The lowest BCUT2D eigenvalue weighted by atomic mass is 9.79. The number of aromatic nitrogens is 4. The number of aromatic amines is 1. The number of pyridine rings is 1. The van der Waals surface area contributed by atoms with Gasteiger partial charge in [0.2, 0.25) is 11.9 Å². The highest BCUT2D eigenvalue weighted by molar-refractivity contribution is 6.01. The van der Waals surface area contributed by atoms with Crippen LogP contribution in [0.25, 0.3) is 11.1 Å². The van der Waals surface area contributed by atoms with Crippen LogP contribution < -0.4 is 10.6 Å². The molecule has 9 nitrogen and oxygen atoms in total. The molecule has 1 aliphatic carbocycles. The number of anilines is 1. The van der Waals surface area contributed by atoms with E-state index in [1.54, 1.807) is 19.1 Å². The van der Waals surface area contributed by atoms with Crippen molar-refractivity contribution in [3.63, 3.8) is 0 Å². The Morgan fingerprint density at radius 1 is 1.23 bits per heavy atom. The van der Waals surface area contributed by atoms with E-state index in [0.29, 0.717) is 40.4 Å². The second-order valence-corrected chi connectivity index (χ2v) is 9.33. The van der Waals surface area contributed by atoms with E-state index < -0.39 is 23.8 Å². The van der Waals surface area contributed by atoms with Gasteiger partial charge in [-0.25, -0.2) is 4.98 Å². The summed E-state index contributed by atoms with van der Waals surface area (Å²) in [6.07, 6.45) is 5.39. The van der Waals surface area contributed by atoms with Crippen LogP contribution in [0.2, 0.25) is 0 Å². The van der Waals surface area contributed by atoms with Crippen molar-refractivity contribution in [2.24, 2.45) is 11.8 Å². The van der Waals surface area contributed by atoms with E-state index in [1.807, 2.05) is 13.8 Å². The molecule has 1 saturated carbocycles. The second kappa shape index (κ2) is 10.4. The summed E-state index contributed by atoms with van der Waals surface area (Å²) in [5.41, 5.74) is 3.19. The van der Waals surface area contributed by atoms with Crippen LogP contribution in [0.5, 0.6) is 0 Å². The number of halogens is 1. The lowest BCUT2D eigenvalue weighted by Gasteiger charge is -2.32. The van der Waals surface area contributed by atoms with E-state index in [2.05, 4.69) is 37.9 Å². The number of nitrogens with one attached hydrogen (secondary N) is 3. The lowest BCUT2D eigenvalue weighted by molar-refractivity contribution is -0.119. The maximum atomic E-state index is 14.9. The Hall–Kier alpha value is -3.56. The van der Waals surface area contributed by atoms with Crippen LogP contribution in [-0.4, -0.2) is 38.2 Å². The van der Waals surface area contributed by atoms with Gasteiger partial charge in [-0.05, 0) is 57.1 Å². The topological polar surface area (TPSA) is 126 Å². The zero-order valence-electron chi connectivity index (χ0n) is 20.4. The highest BCUT2D eigenvalue weighted by atomic mass is 19.1. The van der Waals surface area contributed by atoms with Gasteiger partial charge in [0.05, 0.1) is 11.4 Å². The van der Waals surface area contributed by atoms with Crippen molar-refractivity contribution in [3.05, 3.63) is 47.0 Å². The SMILES string of the molecule is CCc1nocc1C(=O)N[C@H](C(=O)Nc1ccc(-c2c(C)n[nH]c2C)c(F)n1)C1CCC(C)CC1. The van der Waals surface area contributed by atoms with Gasteiger partial charge in [-0.2, -0.15) is 9.49 Å². The Morgan fingerprint density at radius 2 is 1.97 bits per heavy atom. The highest BCUT2D eigenvalue weighted by Crippen LogP contribution is 2.32. The number of amides is 2. The summed E-state index contributed by atoms with van der Waals surface area (Å²) >= 11 is 0. The molecule has 0 bridgehead atoms. The van der Waals surface area contributed by atoms with Crippen LogP contribution in [-0.2, 0) is 11.2 Å². The van der Waals surface area contributed by atoms with Crippen molar-refractivity contribution < 1.29 is 18.5 Å². The van der Waals surface area contributed by atoms with Gasteiger partial charge in [0.25, 0.3) is 5.91 Å². The predicted octanol–water partition coefficient (Wildman–Crippen LogP) is 4.34. The van der Waals surface area contributed by atoms with Crippen molar-refractivity contribution in [3.8, 4) is 11.1 Å². The minimum atomic E-state index is -0.794. The molecule has 0 spiro atoms. The minimum absolute atomic E-state index is 0.0413. The summed E-state index contributed by atoms with van der Waals surface area (Å²) in [4.78, 5) is 30.3. The zero-order valence-corrected chi connectivity index (χ0v) is 20.4. The first-order chi connectivity index (χ1) is 16.8. The molecule has 3 N–H and O–H groups in total. The normalized spacial score (nSPS) is 18.8. The van der Waals surface area contributed by atoms with Gasteiger partial charge in [0, 0.05) is 16.8 Å². The van der Waals surface area contributed by atoms with Crippen molar-refractivity contribution in [2.75, 3.05) is 5.32 Å². The molecule has 3 aromatic heterocycles. The number of nitrogens with zero attached hydrogens (tertiary/aromatic N) is 3. The molecular weight excluding hydrogens is 451 g/mol. The molecule has 3 heterocycles. The fourth-order valence-corrected chi connectivity index (χ4v) is 4.78. The monoisotopic (exact) mass is 482 g/mol. The standard InChI is InChI=1S/C25H31FN6O3/c1-5-19-18(12-35-32-19)24(33)29-22(16-8-6-13(2)7-9-16)25(34)28-20-11-10-17(23(26)27-20)21-14(3)30-31-15(21)4/h10-13,16,22H,5-9H2,1-4H3,(H,29,33)(H,30,31)(H,27,28,34)/t13?,16?,22-/m0/s1. The summed E-state index contributed by atoms with van der Waals surface area (Å²) in [6.45, 7) is 7.65. The third-order valence-corrected chi connectivity index (χ3v) is 6.82. The van der Waals surface area contributed by atoms with E-state index in [4.69, 9.17) is 4.52 Å². The van der Waals surface area contributed by atoms with E-state index in [0.717, 1.165) is 31.4 Å². The first kappa shape index (κ1) is 24.6. The van der Waals surface area contributed by atoms with Crippen LogP contribution in [0.15, 0.2) is 22.9 Å². The third kappa shape index (κ3) is 5.26. The van der Waals surface area contributed by atoms with Crippen molar-refractivity contribution >= 4 is 17.6 Å². The van der Waals surface area contributed by atoms with Crippen LogP contribution in [0, 0.1) is 31.6 Å². The number of aryl methyl sites for hydroxylation is 3. The molecule has 1 aliphatic rings. The van der Waals surface area contributed by atoms with E-state index in [-0.39, 0.29) is 11.7 Å². The van der Waals surface area contributed by atoms with Crippen molar-refractivity contribution in [2.45, 2.75) is 65.8 Å². The molecule has 4 rings (SSSR count). The van der Waals surface area contributed by atoms with Gasteiger partial charge in [0.15, 0.2) is 0 Å². The zero-order chi connectivity index (χ0) is 25.1. The van der Waals surface area contributed by atoms with Gasteiger partial charge in [-0.15, -0.1) is 0 Å². The summed E-state index contributed by atoms with van der Waals surface area (Å²) in [7, 11) is 0. The second-order valence-electron chi connectivity index (χ2n) is 9.33. The molecule has 0 saturated heterocycles. The van der Waals surface area contributed by atoms with Gasteiger partial charge >= 0.3 is 0 Å². The summed E-state index contributed by atoms with van der Waals surface area (Å²) < 4.78 is 19.9. The molecule has 0 aromatic carbocycles. The molecule has 10 heteroatoms. The first-order valence-electron chi connectivity index (χ1n) is 12.0. The Kier molecular flexibility index (Phi) is 7.28. The smallest absolute Gasteiger partial charge is 0.257 e. The van der Waals surface area contributed by atoms with E-state index in [9.17, 15) is 14.0 Å². The Bertz CT molecular complexity index is 1190. The maximum absolute atomic E-state index is 14.9. The maximum Gasteiger partial charge on any atom is 0.257 e. The van der Waals surface area contributed by atoms with E-state index >= 15 is 0 Å². The Morgan fingerprint density at radius 3 is 2.60 bits per heavy atom. The molecule has 1 atom stereocenters. The summed E-state index contributed by atoms with van der Waals surface area (Å²) in [5, 5.41) is 16.4. The van der Waals surface area contributed by atoms with Crippen LogP contribution in [0.1, 0.15) is 67.0 Å². The quantitative estimate of drug-likeness (QED) is 0.430. The summed E-state index contributed by atoms with van der Waals surface area (Å²) in [6, 6.07) is 2.33. The van der Waals surface area contributed by atoms with Crippen LogP contribution in [0.4, 0.5) is 10.2 Å². The van der Waals surface area contributed by atoms with Gasteiger partial charge in [-0.1, -0.05) is 31.8 Å². The van der Waals surface area contributed by atoms with Gasteiger partial charge in [-0.3, -0.25) is 14.7 Å². The molecule has 1 fully saturated rings. The van der Waals surface area contributed by atoms with Crippen molar-refractivity contribution in [1.82, 2.24) is 25.7 Å². The predicted molar refractivity (Wildman–Crippen MR) is 128 cm³/mol. The number of hydrogen-bond acceptors (Lipinski definition) is 6. The average Bonchev–Trinajstić information content (AvgIpc) is 3.44. The number of H-pyrrole nitrogens is 1. The largest absolute Gasteiger partial charge is 0.364 e. The van der Waals surface area contributed by atoms with Crippen LogP contribution >= 0.6 is 0 Å². The van der Waals surface area contributed by atoms with Gasteiger partial charge in [0.1, 0.15) is 23.7 Å². The molecule has 3 aromatic rings. The first-order valence-corrected chi connectivity index (χ1v) is 12.0.